The molecule has 0 aromatic carbocycles. The second-order valence-corrected chi connectivity index (χ2v) is 17.4. The highest BCUT2D eigenvalue weighted by molar-refractivity contribution is 7.89. The van der Waals surface area contributed by atoms with Gasteiger partial charge in [0.15, 0.2) is 11.6 Å². The number of hydrogen-bond donors (Lipinski definition) is 2. The van der Waals surface area contributed by atoms with E-state index in [0.717, 1.165) is 31.3 Å². The predicted molar refractivity (Wildman–Crippen MR) is 153 cm³/mol. The Kier molecular flexibility index (Phi) is 6.22. The first kappa shape index (κ1) is 29.7. The quantitative estimate of drug-likeness (QED) is 0.491. The zero-order chi connectivity index (χ0) is 29.9. The molecule has 0 amide bonds. The number of nitrogens with one attached hydrogen (secondary N) is 1. The first-order valence-electron chi connectivity index (χ1n) is 14.9. The third-order valence-corrected chi connectivity index (χ3v) is 14.6. The van der Waals surface area contributed by atoms with Crippen molar-refractivity contribution in [3.8, 4) is 6.07 Å². The fraction of sp³-hybridized carbons (Fsp3) is 0.781. The van der Waals surface area contributed by atoms with Crippen LogP contribution in [0.5, 0.6) is 0 Å². The molecule has 0 unspecified atom stereocenters. The Morgan fingerprint density at radius 1 is 1.00 bits per heavy atom. The molecule has 2 N–H and O–H groups in total. The molecular weight excluding hydrogens is 524 g/mol. The van der Waals surface area contributed by atoms with E-state index in [1.165, 1.54) is 0 Å². The van der Waals surface area contributed by atoms with Gasteiger partial charge in [0.1, 0.15) is 11.7 Å². The number of sulfonamides is 1. The van der Waals surface area contributed by atoms with E-state index >= 15 is 0 Å². The predicted octanol–water partition coefficient (Wildman–Crippen LogP) is 5.01. The SMILES string of the molecule is CCS(=O)(=O)N[C@@]1(C)CC[C@]2(C)CC[C@@]3(C)[C@]4(C)CC[C@H]5C(C)(C)C(=O)C(C#N)=C[C@]5(C)C4=CC(=O)[C@]3(O)[C@@H]2C1. The number of carbonyl (C=O) groups is 2. The number of nitrogens with zero attached hydrogens (tertiary/aromatic N) is 1. The van der Waals surface area contributed by atoms with E-state index in [2.05, 4.69) is 38.5 Å². The van der Waals surface area contributed by atoms with Crippen molar-refractivity contribution in [1.29, 1.82) is 5.26 Å². The van der Waals surface area contributed by atoms with Crippen molar-refractivity contribution in [3.63, 3.8) is 0 Å². The van der Waals surface area contributed by atoms with Crippen molar-refractivity contribution >= 4 is 21.6 Å². The third-order valence-electron chi connectivity index (χ3n) is 13.0. The topological polar surface area (TPSA) is 124 Å². The van der Waals surface area contributed by atoms with Gasteiger partial charge < -0.3 is 5.11 Å². The molecule has 3 saturated carbocycles. The van der Waals surface area contributed by atoms with E-state index in [1.807, 2.05) is 20.8 Å². The van der Waals surface area contributed by atoms with E-state index in [1.54, 1.807) is 19.1 Å². The van der Waals surface area contributed by atoms with Crippen LogP contribution in [0.4, 0.5) is 0 Å². The monoisotopic (exact) mass is 570 g/mol. The van der Waals surface area contributed by atoms with E-state index in [-0.39, 0.29) is 34.2 Å². The lowest BCUT2D eigenvalue weighted by molar-refractivity contribution is -0.239. The zero-order valence-electron chi connectivity index (χ0n) is 25.4. The molecule has 0 radical (unpaired) electrons. The third kappa shape index (κ3) is 3.50. The van der Waals surface area contributed by atoms with Gasteiger partial charge >= 0.3 is 0 Å². The summed E-state index contributed by atoms with van der Waals surface area (Å²) in [5.41, 5.74) is -4.40. The maximum Gasteiger partial charge on any atom is 0.211 e. The van der Waals surface area contributed by atoms with Gasteiger partial charge in [0.2, 0.25) is 10.0 Å². The molecule has 0 saturated heterocycles. The van der Waals surface area contributed by atoms with Crippen LogP contribution in [0.3, 0.4) is 0 Å². The molecule has 7 nitrogen and oxygen atoms in total. The molecule has 0 spiro atoms. The summed E-state index contributed by atoms with van der Waals surface area (Å²) in [5.74, 6) is -0.964. The highest BCUT2D eigenvalue weighted by Crippen LogP contribution is 2.75. The Morgan fingerprint density at radius 2 is 1.62 bits per heavy atom. The van der Waals surface area contributed by atoms with Gasteiger partial charge in [-0.2, -0.15) is 5.26 Å². The molecule has 0 bridgehead atoms. The average Bonchev–Trinajstić information content (AvgIpc) is 2.86. The Labute approximate surface area is 239 Å². The van der Waals surface area contributed by atoms with Crippen LogP contribution in [0.1, 0.15) is 100 Å². The molecule has 8 atom stereocenters. The standard InChI is InChI=1S/C32H46N2O5S/c1-9-40(38,39)34-28(5)14-12-27(4)13-15-31(8)30(7)11-10-21-26(2,3)25(36)20(19-33)17-29(21,6)22(30)16-24(35)32(31,37)23(27)18-28/h16-17,21,23,34,37H,9-15,18H2,1-8H3/t21-,23+,27+,28-,29-,30+,31-,32+/m0/s1. The summed E-state index contributed by atoms with van der Waals surface area (Å²) in [6, 6.07) is 2.13. The second-order valence-electron chi connectivity index (χ2n) is 15.4. The van der Waals surface area contributed by atoms with Gasteiger partial charge in [-0.15, -0.1) is 0 Å². The van der Waals surface area contributed by atoms with Crippen LogP contribution in [-0.4, -0.2) is 42.0 Å². The molecule has 220 valence electrons. The van der Waals surface area contributed by atoms with Crippen LogP contribution < -0.4 is 4.72 Å². The fourth-order valence-electron chi connectivity index (χ4n) is 10.3. The largest absolute Gasteiger partial charge is 0.381 e. The number of hydrogen-bond acceptors (Lipinski definition) is 6. The number of ketones is 2. The van der Waals surface area contributed by atoms with Crippen molar-refractivity contribution in [3.05, 3.63) is 23.3 Å². The Hall–Kier alpha value is -1.82. The number of rotatable bonds is 3. The number of aliphatic hydroxyl groups is 1. The molecule has 0 aromatic rings. The summed E-state index contributed by atoms with van der Waals surface area (Å²) in [7, 11) is -3.48. The summed E-state index contributed by atoms with van der Waals surface area (Å²) >= 11 is 0. The van der Waals surface area contributed by atoms with E-state index in [0.29, 0.717) is 19.3 Å². The summed E-state index contributed by atoms with van der Waals surface area (Å²) in [6.45, 7) is 15.8. The molecule has 5 aliphatic rings. The number of allylic oxidation sites excluding steroid dienone is 3. The number of fused-ring (bicyclic) bond motifs is 7. The number of carbonyl (C=O) groups excluding carboxylic acids is 2. The van der Waals surface area contributed by atoms with Gasteiger partial charge in [-0.1, -0.05) is 47.6 Å². The van der Waals surface area contributed by atoms with Gasteiger partial charge in [-0.3, -0.25) is 9.59 Å². The molecule has 3 fully saturated rings. The van der Waals surface area contributed by atoms with Gasteiger partial charge in [0.05, 0.1) is 11.3 Å². The van der Waals surface area contributed by atoms with Gasteiger partial charge in [-0.05, 0) is 87.2 Å². The molecule has 8 heteroatoms. The smallest absolute Gasteiger partial charge is 0.211 e. The van der Waals surface area contributed by atoms with Crippen LogP contribution in [-0.2, 0) is 19.6 Å². The minimum absolute atomic E-state index is 0.0214. The molecule has 0 aromatic heterocycles. The summed E-state index contributed by atoms with van der Waals surface area (Å²) in [4.78, 5) is 27.7. The molecule has 5 rings (SSSR count). The molecule has 0 heterocycles. The minimum Gasteiger partial charge on any atom is -0.381 e. The van der Waals surface area contributed by atoms with Crippen LogP contribution >= 0.6 is 0 Å². The van der Waals surface area contributed by atoms with E-state index in [4.69, 9.17) is 0 Å². The second kappa shape index (κ2) is 8.39. The highest BCUT2D eigenvalue weighted by atomic mass is 32.2. The van der Waals surface area contributed by atoms with Gasteiger partial charge in [0.25, 0.3) is 0 Å². The van der Waals surface area contributed by atoms with Gasteiger partial charge in [-0.25, -0.2) is 13.1 Å². The van der Waals surface area contributed by atoms with Gasteiger partial charge in [0, 0.05) is 27.7 Å². The fourth-order valence-corrected chi connectivity index (χ4v) is 11.4. The van der Waals surface area contributed by atoms with Crippen molar-refractivity contribution < 1.29 is 23.1 Å². The first-order valence-corrected chi connectivity index (χ1v) is 16.5. The average molecular weight is 571 g/mol. The van der Waals surface area contributed by atoms with E-state index < -0.39 is 48.7 Å². The van der Waals surface area contributed by atoms with Crippen LogP contribution in [0.2, 0.25) is 0 Å². The molecule has 0 aliphatic heterocycles. The summed E-state index contributed by atoms with van der Waals surface area (Å²) < 4.78 is 28.2. The van der Waals surface area contributed by atoms with E-state index in [9.17, 15) is 28.4 Å². The Bertz CT molecular complexity index is 1410. The zero-order valence-corrected chi connectivity index (χ0v) is 26.2. The van der Waals surface area contributed by atoms with Crippen LogP contribution in [0.25, 0.3) is 0 Å². The number of Topliss-reactive ketones (excluding diaryl/α,β-unsaturated/α-hetero) is 1. The first-order chi connectivity index (χ1) is 18.2. The molecular formula is C32H46N2O5S. The Balaban J connectivity index is 1.68. The molecule has 40 heavy (non-hydrogen) atoms. The maximum atomic E-state index is 14.5. The molecule has 5 aliphatic carbocycles. The summed E-state index contributed by atoms with van der Waals surface area (Å²) in [5, 5.41) is 22.8. The lowest BCUT2D eigenvalue weighted by Gasteiger charge is -2.71. The maximum absolute atomic E-state index is 14.5. The Morgan fingerprint density at radius 3 is 2.23 bits per heavy atom. The van der Waals surface area contributed by atoms with Crippen molar-refractivity contribution in [1.82, 2.24) is 4.72 Å². The lowest BCUT2D eigenvalue weighted by Crippen LogP contribution is -2.74. The highest BCUT2D eigenvalue weighted by Gasteiger charge is 2.75. The normalized spacial score (nSPS) is 48.0. The van der Waals surface area contributed by atoms with Crippen LogP contribution in [0, 0.1) is 50.2 Å². The van der Waals surface area contributed by atoms with Crippen molar-refractivity contribution in [2.24, 2.45) is 38.9 Å². The minimum atomic E-state index is -3.48. The summed E-state index contributed by atoms with van der Waals surface area (Å²) in [6.07, 6.45) is 8.22. The van der Waals surface area contributed by atoms with Crippen molar-refractivity contribution in [2.45, 2.75) is 111 Å². The van der Waals surface area contributed by atoms with Crippen LogP contribution in [0.15, 0.2) is 23.3 Å². The lowest BCUT2D eigenvalue weighted by atomic mass is 9.33. The number of nitriles is 1. The van der Waals surface area contributed by atoms with Crippen molar-refractivity contribution in [2.75, 3.05) is 5.75 Å².